The molecule has 18 heavy (non-hydrogen) atoms. The average Bonchev–Trinajstić information content (AvgIpc) is 3.13. The fraction of sp³-hybridized carbons (Fsp3) is 0.600. The summed E-state index contributed by atoms with van der Waals surface area (Å²) in [6.07, 6.45) is 2.53. The third-order valence-corrected chi connectivity index (χ3v) is 3.13. The van der Waals surface area contributed by atoms with E-state index in [9.17, 15) is 4.39 Å². The molecule has 0 spiro atoms. The van der Waals surface area contributed by atoms with Gasteiger partial charge in [0.25, 0.3) is 0 Å². The molecule has 1 aromatic carbocycles. The van der Waals surface area contributed by atoms with Crippen molar-refractivity contribution in [2.24, 2.45) is 5.92 Å². The molecule has 2 rings (SSSR count). The van der Waals surface area contributed by atoms with E-state index in [1.54, 1.807) is 0 Å². The van der Waals surface area contributed by atoms with Crippen LogP contribution in [0.15, 0.2) is 18.2 Å². The Bertz CT molecular complexity index is 388. The summed E-state index contributed by atoms with van der Waals surface area (Å²) in [5.74, 6) is 0.554. The zero-order chi connectivity index (χ0) is 13.0. The van der Waals surface area contributed by atoms with Gasteiger partial charge < -0.3 is 10.1 Å². The highest BCUT2D eigenvalue weighted by Gasteiger charge is 2.21. The van der Waals surface area contributed by atoms with Crippen LogP contribution < -0.4 is 5.32 Å². The van der Waals surface area contributed by atoms with E-state index in [2.05, 4.69) is 19.2 Å². The first-order valence-electron chi connectivity index (χ1n) is 6.73. The summed E-state index contributed by atoms with van der Waals surface area (Å²) in [5.41, 5.74) is 1.77. The molecule has 1 aliphatic carbocycles. The van der Waals surface area contributed by atoms with Crippen LogP contribution in [0.25, 0.3) is 0 Å². The molecular weight excluding hydrogens is 229 g/mol. The van der Waals surface area contributed by atoms with Crippen molar-refractivity contribution in [3.63, 3.8) is 0 Å². The summed E-state index contributed by atoms with van der Waals surface area (Å²) in [5, 5.41) is 3.33. The van der Waals surface area contributed by atoms with E-state index >= 15 is 0 Å². The number of hydrogen-bond donors (Lipinski definition) is 1. The van der Waals surface area contributed by atoms with Crippen molar-refractivity contribution in [3.05, 3.63) is 35.1 Å². The zero-order valence-corrected chi connectivity index (χ0v) is 11.2. The SMILES string of the molecule is CC(C)NCc1ccc(F)c(COCC2CC2)c1. The molecule has 2 nitrogen and oxygen atoms in total. The lowest BCUT2D eigenvalue weighted by Crippen LogP contribution is -2.21. The van der Waals surface area contributed by atoms with Gasteiger partial charge >= 0.3 is 0 Å². The van der Waals surface area contributed by atoms with Crippen molar-refractivity contribution in [1.29, 1.82) is 0 Å². The Morgan fingerprint density at radius 1 is 1.39 bits per heavy atom. The molecular formula is C15H22FNO. The van der Waals surface area contributed by atoms with Crippen molar-refractivity contribution < 1.29 is 9.13 Å². The molecule has 1 fully saturated rings. The molecule has 0 saturated heterocycles. The van der Waals surface area contributed by atoms with E-state index in [0.717, 1.165) is 24.6 Å². The molecule has 0 amide bonds. The summed E-state index contributed by atoms with van der Waals surface area (Å²) in [7, 11) is 0. The summed E-state index contributed by atoms with van der Waals surface area (Å²) in [4.78, 5) is 0. The highest BCUT2D eigenvalue weighted by atomic mass is 19.1. The fourth-order valence-corrected chi connectivity index (χ4v) is 1.79. The van der Waals surface area contributed by atoms with E-state index in [-0.39, 0.29) is 5.82 Å². The predicted octanol–water partition coefficient (Wildman–Crippen LogP) is 3.25. The van der Waals surface area contributed by atoms with Gasteiger partial charge in [-0.2, -0.15) is 0 Å². The monoisotopic (exact) mass is 251 g/mol. The van der Waals surface area contributed by atoms with E-state index in [1.807, 2.05) is 12.1 Å². The maximum absolute atomic E-state index is 13.6. The smallest absolute Gasteiger partial charge is 0.128 e. The van der Waals surface area contributed by atoms with Crippen LogP contribution in [0.4, 0.5) is 4.39 Å². The lowest BCUT2D eigenvalue weighted by atomic mass is 10.1. The Morgan fingerprint density at radius 2 is 2.17 bits per heavy atom. The quantitative estimate of drug-likeness (QED) is 0.803. The minimum absolute atomic E-state index is 0.168. The normalized spacial score (nSPS) is 15.3. The van der Waals surface area contributed by atoms with Crippen molar-refractivity contribution in [2.45, 2.75) is 45.9 Å². The number of rotatable bonds is 7. The number of ether oxygens (including phenoxy) is 1. The van der Waals surface area contributed by atoms with Crippen LogP contribution in [0.1, 0.15) is 37.8 Å². The largest absolute Gasteiger partial charge is 0.376 e. The van der Waals surface area contributed by atoms with Crippen LogP contribution in [0, 0.1) is 11.7 Å². The number of nitrogens with one attached hydrogen (secondary N) is 1. The first-order valence-corrected chi connectivity index (χ1v) is 6.73. The second kappa shape index (κ2) is 6.30. The van der Waals surface area contributed by atoms with E-state index < -0.39 is 0 Å². The topological polar surface area (TPSA) is 21.3 Å². The lowest BCUT2D eigenvalue weighted by molar-refractivity contribution is 0.109. The number of halogens is 1. The van der Waals surface area contributed by atoms with Gasteiger partial charge in [0.05, 0.1) is 6.61 Å². The molecule has 100 valence electrons. The van der Waals surface area contributed by atoms with Crippen molar-refractivity contribution in [1.82, 2.24) is 5.32 Å². The Balaban J connectivity index is 1.87. The van der Waals surface area contributed by atoms with Gasteiger partial charge in [-0.1, -0.05) is 19.9 Å². The first kappa shape index (κ1) is 13.5. The van der Waals surface area contributed by atoms with E-state index in [1.165, 1.54) is 18.9 Å². The van der Waals surface area contributed by atoms with Gasteiger partial charge in [-0.05, 0) is 36.5 Å². The summed E-state index contributed by atoms with van der Waals surface area (Å²) in [6, 6.07) is 5.70. The van der Waals surface area contributed by atoms with Crippen LogP contribution in [-0.4, -0.2) is 12.6 Å². The van der Waals surface area contributed by atoms with Crippen molar-refractivity contribution in [2.75, 3.05) is 6.61 Å². The third kappa shape index (κ3) is 4.39. The summed E-state index contributed by atoms with van der Waals surface area (Å²) >= 11 is 0. The highest BCUT2D eigenvalue weighted by Crippen LogP contribution is 2.29. The van der Waals surface area contributed by atoms with Crippen LogP contribution in [0.3, 0.4) is 0 Å². The minimum Gasteiger partial charge on any atom is -0.376 e. The van der Waals surface area contributed by atoms with Gasteiger partial charge in [0, 0.05) is 24.8 Å². The molecule has 0 bridgehead atoms. The van der Waals surface area contributed by atoms with Gasteiger partial charge in [0.15, 0.2) is 0 Å². The highest BCUT2D eigenvalue weighted by molar-refractivity contribution is 5.24. The maximum Gasteiger partial charge on any atom is 0.128 e. The first-order chi connectivity index (χ1) is 8.65. The second-order valence-electron chi connectivity index (χ2n) is 5.42. The van der Waals surface area contributed by atoms with Crippen molar-refractivity contribution >= 4 is 0 Å². The molecule has 1 aliphatic rings. The van der Waals surface area contributed by atoms with Gasteiger partial charge in [0.2, 0.25) is 0 Å². The molecule has 0 radical (unpaired) electrons. The Morgan fingerprint density at radius 3 is 2.83 bits per heavy atom. The fourth-order valence-electron chi connectivity index (χ4n) is 1.79. The zero-order valence-electron chi connectivity index (χ0n) is 11.2. The Hall–Kier alpha value is -0.930. The van der Waals surface area contributed by atoms with Crippen molar-refractivity contribution in [3.8, 4) is 0 Å². The van der Waals surface area contributed by atoms with Gasteiger partial charge in [-0.3, -0.25) is 0 Å². The molecule has 0 heterocycles. The second-order valence-corrected chi connectivity index (χ2v) is 5.42. The molecule has 0 unspecified atom stereocenters. The Labute approximate surface area is 109 Å². The number of benzene rings is 1. The molecule has 0 aliphatic heterocycles. The van der Waals surface area contributed by atoms with Gasteiger partial charge in [-0.15, -0.1) is 0 Å². The van der Waals surface area contributed by atoms with Crippen LogP contribution >= 0.6 is 0 Å². The molecule has 0 aromatic heterocycles. The summed E-state index contributed by atoms with van der Waals surface area (Å²) in [6.45, 7) is 6.13. The predicted molar refractivity (Wildman–Crippen MR) is 70.8 cm³/mol. The molecule has 3 heteroatoms. The Kier molecular flexibility index (Phi) is 4.72. The maximum atomic E-state index is 13.6. The lowest BCUT2D eigenvalue weighted by Gasteiger charge is -2.10. The summed E-state index contributed by atoms with van der Waals surface area (Å²) < 4.78 is 19.2. The van der Waals surface area contributed by atoms with E-state index in [4.69, 9.17) is 4.74 Å². The van der Waals surface area contributed by atoms with Gasteiger partial charge in [0.1, 0.15) is 5.82 Å². The average molecular weight is 251 g/mol. The molecule has 1 N–H and O–H groups in total. The van der Waals surface area contributed by atoms with E-state index in [0.29, 0.717) is 18.2 Å². The molecule has 0 atom stereocenters. The third-order valence-electron chi connectivity index (χ3n) is 3.13. The van der Waals surface area contributed by atoms with Gasteiger partial charge in [-0.25, -0.2) is 4.39 Å². The van der Waals surface area contributed by atoms with Crippen LogP contribution in [0.2, 0.25) is 0 Å². The molecule has 1 aromatic rings. The minimum atomic E-state index is -0.168. The van der Waals surface area contributed by atoms with Crippen LogP contribution in [-0.2, 0) is 17.9 Å². The molecule has 1 saturated carbocycles. The number of hydrogen-bond acceptors (Lipinski definition) is 2. The standard InChI is InChI=1S/C15H22FNO/c1-11(2)17-8-13-5-6-15(16)14(7-13)10-18-9-12-3-4-12/h5-7,11-12,17H,3-4,8-10H2,1-2H3. The van der Waals surface area contributed by atoms with Crippen LogP contribution in [0.5, 0.6) is 0 Å².